The van der Waals surface area contributed by atoms with Crippen LogP contribution in [0.3, 0.4) is 0 Å². The molecule has 0 saturated heterocycles. The van der Waals surface area contributed by atoms with Crippen molar-refractivity contribution in [3.8, 4) is 5.69 Å². The fourth-order valence-corrected chi connectivity index (χ4v) is 2.79. The number of nitrogens with zero attached hydrogens (tertiary/aromatic N) is 3. The van der Waals surface area contributed by atoms with Gasteiger partial charge in [-0.1, -0.05) is 0 Å². The normalized spacial score (nSPS) is 20.4. The van der Waals surface area contributed by atoms with E-state index in [0.29, 0.717) is 24.9 Å². The van der Waals surface area contributed by atoms with Crippen molar-refractivity contribution in [3.63, 3.8) is 0 Å². The van der Waals surface area contributed by atoms with Crippen LogP contribution < -0.4 is 5.32 Å². The van der Waals surface area contributed by atoms with Crippen LogP contribution in [0.25, 0.3) is 5.69 Å². The van der Waals surface area contributed by atoms with Crippen LogP contribution in [0, 0.1) is 17.7 Å². The maximum absolute atomic E-state index is 14.1. The van der Waals surface area contributed by atoms with E-state index in [1.165, 1.54) is 29.5 Å². The zero-order valence-corrected chi connectivity index (χ0v) is 12.1. The summed E-state index contributed by atoms with van der Waals surface area (Å²) in [5.74, 6) is -2.51. The van der Waals surface area contributed by atoms with Crippen LogP contribution in [0.2, 0.25) is 0 Å². The summed E-state index contributed by atoms with van der Waals surface area (Å²) in [5.41, 5.74) is 0.558. The Labute approximate surface area is 131 Å². The molecule has 2 atom stereocenters. The molecule has 0 aliphatic heterocycles. The standard InChI is InChI=1S/C15H15FN4O3/c16-12-6-11(3-4-13(12)20-8-17-7-18-20)19-14(21)9-1-2-10(5-9)15(22)23/h3-4,6-10H,1-2,5H2,(H,19,21)(H,22,23)/t9-,10+/m0/s1. The summed E-state index contributed by atoms with van der Waals surface area (Å²) in [6.07, 6.45) is 4.02. The van der Waals surface area contributed by atoms with Crippen LogP contribution in [0.4, 0.5) is 10.1 Å². The fourth-order valence-electron chi connectivity index (χ4n) is 2.79. The predicted octanol–water partition coefficient (Wildman–Crippen LogP) is 1.85. The van der Waals surface area contributed by atoms with Crippen molar-refractivity contribution in [3.05, 3.63) is 36.7 Å². The van der Waals surface area contributed by atoms with Gasteiger partial charge in [0.05, 0.1) is 5.92 Å². The summed E-state index contributed by atoms with van der Waals surface area (Å²) in [6.45, 7) is 0. The largest absolute Gasteiger partial charge is 0.481 e. The van der Waals surface area contributed by atoms with Gasteiger partial charge in [0.1, 0.15) is 18.3 Å². The van der Waals surface area contributed by atoms with Crippen LogP contribution in [-0.4, -0.2) is 31.7 Å². The fraction of sp³-hybridized carbons (Fsp3) is 0.333. The summed E-state index contributed by atoms with van der Waals surface area (Å²) >= 11 is 0. The van der Waals surface area contributed by atoms with Gasteiger partial charge in [0, 0.05) is 11.6 Å². The molecule has 0 unspecified atom stereocenters. The summed E-state index contributed by atoms with van der Waals surface area (Å²) in [4.78, 5) is 26.8. The quantitative estimate of drug-likeness (QED) is 0.896. The molecule has 8 heteroatoms. The second-order valence-corrected chi connectivity index (χ2v) is 5.54. The van der Waals surface area contributed by atoms with E-state index in [1.807, 2.05) is 0 Å². The van der Waals surface area contributed by atoms with Crippen molar-refractivity contribution in [1.82, 2.24) is 14.8 Å². The van der Waals surface area contributed by atoms with Crippen molar-refractivity contribution < 1.29 is 19.1 Å². The molecular weight excluding hydrogens is 303 g/mol. The highest BCUT2D eigenvalue weighted by molar-refractivity contribution is 5.93. The van der Waals surface area contributed by atoms with Gasteiger partial charge in [-0.2, -0.15) is 5.10 Å². The SMILES string of the molecule is O=C(O)[C@@H]1CC[C@H](C(=O)Nc2ccc(-n3cncn3)c(F)c2)C1. The van der Waals surface area contributed by atoms with E-state index in [2.05, 4.69) is 15.4 Å². The molecule has 0 bridgehead atoms. The monoisotopic (exact) mass is 318 g/mol. The molecule has 23 heavy (non-hydrogen) atoms. The Balaban J connectivity index is 1.68. The first kappa shape index (κ1) is 15.1. The zero-order chi connectivity index (χ0) is 16.4. The van der Waals surface area contributed by atoms with Gasteiger partial charge >= 0.3 is 5.97 Å². The minimum atomic E-state index is -0.872. The van der Waals surface area contributed by atoms with Crippen LogP contribution >= 0.6 is 0 Å². The van der Waals surface area contributed by atoms with Crippen molar-refractivity contribution >= 4 is 17.6 Å². The van der Waals surface area contributed by atoms with E-state index in [9.17, 15) is 14.0 Å². The number of benzene rings is 1. The minimum absolute atomic E-state index is 0.229. The number of rotatable bonds is 4. The number of anilines is 1. The average molecular weight is 318 g/mol. The first-order valence-electron chi connectivity index (χ1n) is 7.23. The van der Waals surface area contributed by atoms with E-state index in [-0.39, 0.29) is 17.5 Å². The Kier molecular flexibility index (Phi) is 4.05. The first-order chi connectivity index (χ1) is 11.0. The lowest BCUT2D eigenvalue weighted by atomic mass is 10.0. The number of carbonyl (C=O) groups is 2. The second kappa shape index (κ2) is 6.15. The van der Waals surface area contributed by atoms with E-state index in [1.54, 1.807) is 6.07 Å². The van der Waals surface area contributed by atoms with Gasteiger partial charge in [0.2, 0.25) is 5.91 Å². The molecule has 1 fully saturated rings. The number of halogens is 1. The number of hydrogen-bond donors (Lipinski definition) is 2. The number of aromatic nitrogens is 3. The lowest BCUT2D eigenvalue weighted by molar-refractivity contribution is -0.141. The van der Waals surface area contributed by atoms with Crippen molar-refractivity contribution in [2.75, 3.05) is 5.32 Å². The zero-order valence-electron chi connectivity index (χ0n) is 12.1. The van der Waals surface area contributed by atoms with Crippen LogP contribution in [0.5, 0.6) is 0 Å². The number of aliphatic carboxylic acids is 1. The van der Waals surface area contributed by atoms with Crippen molar-refractivity contribution in [2.45, 2.75) is 19.3 Å². The van der Waals surface area contributed by atoms with Gasteiger partial charge in [-0.3, -0.25) is 9.59 Å². The first-order valence-corrected chi connectivity index (χ1v) is 7.23. The van der Waals surface area contributed by atoms with Gasteiger partial charge < -0.3 is 10.4 Å². The lowest BCUT2D eigenvalue weighted by Crippen LogP contribution is -2.21. The van der Waals surface area contributed by atoms with Gasteiger partial charge in [-0.15, -0.1) is 0 Å². The molecule has 120 valence electrons. The molecule has 1 aromatic carbocycles. The average Bonchev–Trinajstić information content (AvgIpc) is 3.19. The molecule has 1 aliphatic carbocycles. The molecule has 0 radical (unpaired) electrons. The van der Waals surface area contributed by atoms with Crippen LogP contribution in [-0.2, 0) is 9.59 Å². The van der Waals surface area contributed by atoms with E-state index in [4.69, 9.17) is 5.11 Å². The molecule has 1 saturated carbocycles. The number of nitrogens with one attached hydrogen (secondary N) is 1. The molecule has 3 rings (SSSR count). The highest BCUT2D eigenvalue weighted by Crippen LogP contribution is 2.32. The van der Waals surface area contributed by atoms with Gasteiger partial charge in [-0.25, -0.2) is 14.1 Å². The molecule has 7 nitrogen and oxygen atoms in total. The third kappa shape index (κ3) is 3.20. The van der Waals surface area contributed by atoms with Crippen LogP contribution in [0.1, 0.15) is 19.3 Å². The van der Waals surface area contributed by atoms with E-state index >= 15 is 0 Å². The van der Waals surface area contributed by atoms with E-state index in [0.717, 1.165) is 0 Å². The second-order valence-electron chi connectivity index (χ2n) is 5.54. The summed E-state index contributed by atoms with van der Waals surface area (Å²) < 4.78 is 15.4. The Hall–Kier alpha value is -2.77. The Morgan fingerprint density at radius 3 is 2.70 bits per heavy atom. The van der Waals surface area contributed by atoms with Crippen molar-refractivity contribution in [1.29, 1.82) is 0 Å². The Morgan fingerprint density at radius 1 is 1.30 bits per heavy atom. The van der Waals surface area contributed by atoms with Gasteiger partial charge in [0.15, 0.2) is 5.82 Å². The Morgan fingerprint density at radius 2 is 2.09 bits per heavy atom. The minimum Gasteiger partial charge on any atom is -0.481 e. The number of carbonyl (C=O) groups excluding carboxylic acids is 1. The molecule has 2 N–H and O–H groups in total. The molecular formula is C15H15FN4O3. The lowest BCUT2D eigenvalue weighted by Gasteiger charge is -2.12. The molecule has 1 heterocycles. The summed E-state index contributed by atoms with van der Waals surface area (Å²) in [7, 11) is 0. The molecule has 1 aliphatic rings. The maximum Gasteiger partial charge on any atom is 0.306 e. The summed E-state index contributed by atoms with van der Waals surface area (Å²) in [5, 5.41) is 15.5. The third-order valence-electron chi connectivity index (χ3n) is 4.03. The predicted molar refractivity (Wildman–Crippen MR) is 78.4 cm³/mol. The summed E-state index contributed by atoms with van der Waals surface area (Å²) in [6, 6.07) is 4.27. The Bertz CT molecular complexity index is 732. The topological polar surface area (TPSA) is 97.1 Å². The number of carboxylic acids is 1. The number of amides is 1. The number of carboxylic acid groups (broad SMARTS) is 1. The molecule has 1 aromatic heterocycles. The highest BCUT2D eigenvalue weighted by atomic mass is 19.1. The van der Waals surface area contributed by atoms with Gasteiger partial charge in [-0.05, 0) is 37.5 Å². The van der Waals surface area contributed by atoms with E-state index < -0.39 is 17.7 Å². The van der Waals surface area contributed by atoms with Crippen molar-refractivity contribution in [2.24, 2.45) is 11.8 Å². The van der Waals surface area contributed by atoms with Gasteiger partial charge in [0.25, 0.3) is 0 Å². The molecule has 0 spiro atoms. The molecule has 1 amide bonds. The third-order valence-corrected chi connectivity index (χ3v) is 4.03. The molecule has 2 aromatic rings. The smallest absolute Gasteiger partial charge is 0.306 e. The number of hydrogen-bond acceptors (Lipinski definition) is 4. The maximum atomic E-state index is 14.1. The highest BCUT2D eigenvalue weighted by Gasteiger charge is 2.33. The van der Waals surface area contributed by atoms with Crippen LogP contribution in [0.15, 0.2) is 30.9 Å².